The minimum absolute atomic E-state index is 0.954. The normalized spacial score (nSPS) is 11.2. The molecule has 2 aromatic rings. The van der Waals surface area contributed by atoms with E-state index >= 15 is 0 Å². The lowest BCUT2D eigenvalue weighted by atomic mass is 10.2. The van der Waals surface area contributed by atoms with Crippen molar-refractivity contribution in [3.05, 3.63) is 39.8 Å². The lowest BCUT2D eigenvalue weighted by molar-refractivity contribution is 0.318. The molecule has 0 N–H and O–H groups in total. The van der Waals surface area contributed by atoms with Crippen molar-refractivity contribution in [3.63, 3.8) is 0 Å². The summed E-state index contributed by atoms with van der Waals surface area (Å²) in [5.74, 6) is 0. The van der Waals surface area contributed by atoms with Gasteiger partial charge in [0.1, 0.15) is 0 Å². The molecule has 0 aliphatic carbocycles. The molecular weight excluding hydrogens is 218 g/mol. The zero-order valence-electron chi connectivity index (χ0n) is 9.97. The molecule has 2 aromatic heterocycles. The van der Waals surface area contributed by atoms with Crippen molar-refractivity contribution in [3.8, 4) is 0 Å². The highest BCUT2D eigenvalue weighted by atomic mass is 32.1. The Balaban J connectivity index is 1.97. The molecular formula is C12H17N3S. The van der Waals surface area contributed by atoms with Gasteiger partial charge >= 0.3 is 0 Å². The van der Waals surface area contributed by atoms with Crippen LogP contribution in [-0.2, 0) is 20.1 Å². The van der Waals surface area contributed by atoms with Gasteiger partial charge in [-0.3, -0.25) is 9.58 Å². The summed E-state index contributed by atoms with van der Waals surface area (Å²) < 4.78 is 1.92. The van der Waals surface area contributed by atoms with Crippen LogP contribution in [0.3, 0.4) is 0 Å². The van der Waals surface area contributed by atoms with Crippen LogP contribution in [0.4, 0.5) is 0 Å². The number of aryl methyl sites for hydroxylation is 1. The standard InChI is InChI=1S/C12H17N3S/c1-10-12(6-13-15(10)3)8-14(2)7-11-4-5-16-9-11/h4-6,9H,7-8H2,1-3H3. The topological polar surface area (TPSA) is 21.1 Å². The van der Waals surface area contributed by atoms with E-state index in [1.807, 2.05) is 17.9 Å². The van der Waals surface area contributed by atoms with E-state index in [2.05, 4.69) is 40.8 Å². The number of nitrogens with zero attached hydrogens (tertiary/aromatic N) is 3. The summed E-state index contributed by atoms with van der Waals surface area (Å²) in [4.78, 5) is 2.31. The molecule has 0 atom stereocenters. The predicted octanol–water partition coefficient (Wildman–Crippen LogP) is 2.42. The first-order valence-electron chi connectivity index (χ1n) is 5.34. The molecule has 0 aromatic carbocycles. The van der Waals surface area contributed by atoms with Gasteiger partial charge in [-0.05, 0) is 36.4 Å². The molecule has 2 heterocycles. The van der Waals surface area contributed by atoms with Gasteiger partial charge in [-0.1, -0.05) is 0 Å². The van der Waals surface area contributed by atoms with Crippen LogP contribution in [0.15, 0.2) is 23.0 Å². The molecule has 16 heavy (non-hydrogen) atoms. The van der Waals surface area contributed by atoms with E-state index in [1.165, 1.54) is 16.8 Å². The van der Waals surface area contributed by atoms with Gasteiger partial charge in [0.25, 0.3) is 0 Å². The maximum Gasteiger partial charge on any atom is 0.0537 e. The number of aromatic nitrogens is 2. The van der Waals surface area contributed by atoms with Crippen LogP contribution in [0.25, 0.3) is 0 Å². The third-order valence-electron chi connectivity index (χ3n) is 2.81. The SMILES string of the molecule is Cc1c(CN(C)Cc2ccsc2)cnn1C. The summed E-state index contributed by atoms with van der Waals surface area (Å²) >= 11 is 1.75. The lowest BCUT2D eigenvalue weighted by Crippen LogP contribution is -2.17. The number of hydrogen-bond donors (Lipinski definition) is 0. The van der Waals surface area contributed by atoms with Gasteiger partial charge in [-0.2, -0.15) is 16.4 Å². The van der Waals surface area contributed by atoms with Crippen LogP contribution in [-0.4, -0.2) is 21.7 Å². The van der Waals surface area contributed by atoms with Gasteiger partial charge in [-0.15, -0.1) is 0 Å². The smallest absolute Gasteiger partial charge is 0.0537 e. The van der Waals surface area contributed by atoms with Crippen molar-refractivity contribution < 1.29 is 0 Å². The third kappa shape index (κ3) is 2.51. The first kappa shape index (κ1) is 11.4. The highest BCUT2D eigenvalue weighted by Crippen LogP contribution is 2.12. The molecule has 0 radical (unpaired) electrons. The van der Waals surface area contributed by atoms with E-state index in [-0.39, 0.29) is 0 Å². The van der Waals surface area contributed by atoms with Crippen molar-refractivity contribution in [2.45, 2.75) is 20.0 Å². The minimum atomic E-state index is 0.954. The summed E-state index contributed by atoms with van der Waals surface area (Å²) in [5, 5.41) is 8.58. The van der Waals surface area contributed by atoms with Gasteiger partial charge in [0.05, 0.1) is 6.20 Å². The van der Waals surface area contributed by atoms with Crippen molar-refractivity contribution in [1.82, 2.24) is 14.7 Å². The number of hydrogen-bond acceptors (Lipinski definition) is 3. The number of thiophene rings is 1. The minimum Gasteiger partial charge on any atom is -0.298 e. The van der Waals surface area contributed by atoms with Gasteiger partial charge in [0.15, 0.2) is 0 Å². The average Bonchev–Trinajstić information content (AvgIpc) is 2.83. The van der Waals surface area contributed by atoms with E-state index < -0.39 is 0 Å². The third-order valence-corrected chi connectivity index (χ3v) is 3.54. The molecule has 0 fully saturated rings. The van der Waals surface area contributed by atoms with E-state index in [1.54, 1.807) is 11.3 Å². The first-order valence-corrected chi connectivity index (χ1v) is 6.28. The second-order valence-corrected chi connectivity index (χ2v) is 4.96. The van der Waals surface area contributed by atoms with Crippen molar-refractivity contribution in [2.75, 3.05) is 7.05 Å². The molecule has 0 spiro atoms. The second kappa shape index (κ2) is 4.80. The van der Waals surface area contributed by atoms with Gasteiger partial charge < -0.3 is 0 Å². The maximum absolute atomic E-state index is 4.26. The molecule has 0 bridgehead atoms. The fraction of sp³-hybridized carbons (Fsp3) is 0.417. The number of rotatable bonds is 4. The van der Waals surface area contributed by atoms with Crippen LogP contribution in [0.2, 0.25) is 0 Å². The Morgan fingerprint density at radius 1 is 1.44 bits per heavy atom. The van der Waals surface area contributed by atoms with Gasteiger partial charge in [0, 0.05) is 31.4 Å². The summed E-state index contributed by atoms with van der Waals surface area (Å²) in [7, 11) is 4.13. The van der Waals surface area contributed by atoms with Crippen molar-refractivity contribution in [1.29, 1.82) is 0 Å². The van der Waals surface area contributed by atoms with Crippen LogP contribution in [0, 0.1) is 6.92 Å². The van der Waals surface area contributed by atoms with E-state index in [0.29, 0.717) is 0 Å². The van der Waals surface area contributed by atoms with E-state index in [9.17, 15) is 0 Å². The molecule has 86 valence electrons. The zero-order chi connectivity index (χ0) is 11.5. The molecule has 0 amide bonds. The highest BCUT2D eigenvalue weighted by molar-refractivity contribution is 7.07. The average molecular weight is 235 g/mol. The molecule has 2 rings (SSSR count). The maximum atomic E-state index is 4.26. The van der Waals surface area contributed by atoms with Crippen LogP contribution in [0.5, 0.6) is 0 Å². The fourth-order valence-corrected chi connectivity index (χ4v) is 2.40. The Hall–Kier alpha value is -1.13. The van der Waals surface area contributed by atoms with Gasteiger partial charge in [-0.25, -0.2) is 0 Å². The molecule has 0 aliphatic rings. The molecule has 0 aliphatic heterocycles. The molecule has 4 heteroatoms. The second-order valence-electron chi connectivity index (χ2n) is 4.18. The highest BCUT2D eigenvalue weighted by Gasteiger charge is 2.07. The quantitative estimate of drug-likeness (QED) is 0.811. The summed E-state index contributed by atoms with van der Waals surface area (Å²) in [5.41, 5.74) is 3.94. The van der Waals surface area contributed by atoms with Crippen LogP contribution in [0.1, 0.15) is 16.8 Å². The van der Waals surface area contributed by atoms with E-state index in [4.69, 9.17) is 0 Å². The summed E-state index contributed by atoms with van der Waals surface area (Å²) in [6.45, 7) is 4.06. The Bertz CT molecular complexity index is 445. The Labute approximate surface area is 100 Å². The zero-order valence-corrected chi connectivity index (χ0v) is 10.8. The Morgan fingerprint density at radius 2 is 2.25 bits per heavy atom. The molecule has 3 nitrogen and oxygen atoms in total. The predicted molar refractivity (Wildman–Crippen MR) is 67.4 cm³/mol. The summed E-state index contributed by atoms with van der Waals surface area (Å²) in [6.07, 6.45) is 1.96. The largest absolute Gasteiger partial charge is 0.298 e. The first-order chi connectivity index (χ1) is 7.66. The van der Waals surface area contributed by atoms with Crippen LogP contribution < -0.4 is 0 Å². The monoisotopic (exact) mass is 235 g/mol. The van der Waals surface area contributed by atoms with Crippen molar-refractivity contribution >= 4 is 11.3 Å². The van der Waals surface area contributed by atoms with Crippen LogP contribution >= 0.6 is 11.3 Å². The van der Waals surface area contributed by atoms with E-state index in [0.717, 1.165) is 13.1 Å². The fourth-order valence-electron chi connectivity index (χ4n) is 1.74. The lowest BCUT2D eigenvalue weighted by Gasteiger charge is -2.15. The molecule has 0 unspecified atom stereocenters. The van der Waals surface area contributed by atoms with Gasteiger partial charge in [0.2, 0.25) is 0 Å². The summed E-state index contributed by atoms with van der Waals surface area (Å²) in [6, 6.07) is 2.18. The van der Waals surface area contributed by atoms with Crippen molar-refractivity contribution in [2.24, 2.45) is 7.05 Å². The Kier molecular flexibility index (Phi) is 3.41. The molecule has 0 saturated carbocycles. The molecule has 0 saturated heterocycles. The Morgan fingerprint density at radius 3 is 2.81 bits per heavy atom.